The molecule has 7 amide bonds. The maximum Gasteiger partial charge on any atom is 0.260 e. The van der Waals surface area contributed by atoms with Gasteiger partial charge in [0.1, 0.15) is 36.0 Å². The van der Waals surface area contributed by atoms with Crippen LogP contribution in [0.3, 0.4) is 0 Å². The highest BCUT2D eigenvalue weighted by Gasteiger charge is 2.67. The van der Waals surface area contributed by atoms with Crippen LogP contribution in [0.4, 0.5) is 72.1 Å². The van der Waals surface area contributed by atoms with Crippen molar-refractivity contribution in [2.45, 2.75) is 213 Å². The van der Waals surface area contributed by atoms with Crippen LogP contribution in [0.5, 0.6) is 0 Å². The summed E-state index contributed by atoms with van der Waals surface area (Å²) in [5.74, 6) is -23.5. The first-order valence-corrected chi connectivity index (χ1v) is 43.0. The molecule has 4 aliphatic heterocycles. The standard InChI is InChI=1S/C22H23F4N5O2.C22H24F3N5O2.C21H22F2N6O2.C20H22F2N6O/c23-21(24)8-13(21)17(32)28-19-27-16-3-1-2-15(31(16)29-19)12-4-6-20(7-5-12)10-30(11-20)18(33)14-9-22(14,25)26;23-21(8-9-21)18(32)29-11-20(12-29)6-4-13(5-7-20)15-2-1-3-16-26-19(28-30(15)16)27-17(31)14-10-22(14,24)25;22-21(23)10-14(21)18(31)26-19-25-16-3-1-2-15(29(16)27-19)13-4-7-20(8-5-13)11-28(12-20)17(30)6-9-24;21-20(22)10-14(20)17(29)25-18-24-16-3-1-2-15(28(16)26-18)13-4-6-19(7-5-13)11-27(12-19)9-8-23/h1-3,12-14H,4-11H2,(H,28,29,32);1-3,13-14H,4-12H2,(H,27,28,31);1-3,13-14H,4-8,10-12H2,(H,26,27,31);1-3,13-14H,4-7,9-12H2,(H,25,26,29)/t13-,14-;3*14-/m0111/s1. The Morgan fingerprint density at radius 3 is 0.872 bits per heavy atom. The van der Waals surface area contributed by atoms with E-state index in [1.54, 1.807) is 57.0 Å². The summed E-state index contributed by atoms with van der Waals surface area (Å²) < 4.78 is 152. The summed E-state index contributed by atoms with van der Waals surface area (Å²) in [4.78, 5) is 108. The molecule has 4 N–H and O–H groups in total. The highest BCUT2D eigenvalue weighted by molar-refractivity contribution is 5.96. The number of carbonyl (C=O) groups excluding carboxylic acids is 7. The van der Waals surface area contributed by atoms with Gasteiger partial charge in [0, 0.05) is 147 Å². The Bertz CT molecular complexity index is 5730. The highest BCUT2D eigenvalue weighted by atomic mass is 19.3. The first kappa shape index (κ1) is 83.5. The van der Waals surface area contributed by atoms with Crippen LogP contribution in [0, 0.1) is 73.9 Å². The van der Waals surface area contributed by atoms with Crippen LogP contribution in [0.25, 0.3) is 22.6 Å². The molecule has 0 radical (unpaired) electrons. The van der Waals surface area contributed by atoms with Gasteiger partial charge in [-0.2, -0.15) is 30.5 Å². The van der Waals surface area contributed by atoms with Crippen molar-refractivity contribution < 1.29 is 81.9 Å². The molecule has 22 rings (SSSR count). The Morgan fingerprint density at radius 2 is 0.616 bits per heavy atom. The lowest BCUT2D eigenvalue weighted by Gasteiger charge is -2.53. The Kier molecular flexibility index (Phi) is 20.3. The van der Waals surface area contributed by atoms with E-state index in [-0.39, 0.29) is 82.4 Å². The number of carbonyl (C=O) groups is 7. The molecular formula is C85H91F11N22O7. The molecule has 0 bridgehead atoms. The van der Waals surface area contributed by atoms with Crippen LogP contribution < -0.4 is 21.3 Å². The number of likely N-dealkylation sites (tertiary alicyclic amines) is 4. The van der Waals surface area contributed by atoms with E-state index in [9.17, 15) is 81.9 Å². The predicted molar refractivity (Wildman–Crippen MR) is 421 cm³/mol. The summed E-state index contributed by atoms with van der Waals surface area (Å²) in [6.07, 6.45) is 14.0. The monoisotopic (exact) mass is 1740 g/mol. The zero-order chi connectivity index (χ0) is 87.5. The summed E-state index contributed by atoms with van der Waals surface area (Å²) in [6, 6.07) is 26.7. The fraction of sp³-hybridized carbons (Fsp3) is 0.612. The van der Waals surface area contributed by atoms with Gasteiger partial charge in [0.05, 0.1) is 18.7 Å². The SMILES string of the molecule is N#CCC(=O)N1CC2(CCC(c3cccc4nc(NC(=O)[C@H]5CC5(F)F)nn34)CC2)C1.N#CCN1CC2(CCC(c3cccc4nc(NC(=O)[C@H]5CC5(F)F)nn34)CC2)C1.O=C(Nc1nc2cccc(C3CCC4(CC3)CN(C(=O)C3(F)CC3)C4)n2n1)[C@H]1CC1(F)F.O=C(Nc1nc2cccc(C3CCC4(CC3)CN(C(=O)[C@@H]3CC3(F)F)C4)n2n1)[C@@H]1CC1(F)F. The minimum Gasteiger partial charge on any atom is -0.341 e. The third-order valence-electron chi connectivity index (χ3n) is 28.9. The average molecular weight is 1740 g/mol. The smallest absolute Gasteiger partial charge is 0.260 e. The minimum absolute atomic E-state index is 0.00122. The van der Waals surface area contributed by atoms with Crippen molar-refractivity contribution >= 4 is 87.7 Å². The number of nitriles is 2. The van der Waals surface area contributed by atoms with Crippen molar-refractivity contribution in [1.82, 2.24) is 78.0 Å². The molecule has 40 heteroatoms. The van der Waals surface area contributed by atoms with E-state index in [1.165, 1.54) is 0 Å². The zero-order valence-corrected chi connectivity index (χ0v) is 68.0. The quantitative estimate of drug-likeness (QED) is 0.0516. The number of aromatic nitrogens is 12. The lowest BCUT2D eigenvalue weighted by Crippen LogP contribution is -2.61. The summed E-state index contributed by atoms with van der Waals surface area (Å²) in [6.45, 7) is 6.31. The molecule has 4 spiro atoms. The lowest BCUT2D eigenvalue weighted by atomic mass is 9.65. The van der Waals surface area contributed by atoms with E-state index < -0.39 is 120 Å². The second-order valence-electron chi connectivity index (χ2n) is 38.0. The van der Waals surface area contributed by atoms with Crippen LogP contribution in [-0.2, 0) is 33.6 Å². The van der Waals surface area contributed by atoms with Gasteiger partial charge in [0.25, 0.3) is 35.5 Å². The first-order valence-electron chi connectivity index (χ1n) is 43.0. The minimum atomic E-state index is -2.95. The summed E-state index contributed by atoms with van der Waals surface area (Å²) in [5.41, 5.74) is 5.14. The van der Waals surface area contributed by atoms with Crippen molar-refractivity contribution in [2.24, 2.45) is 51.2 Å². The van der Waals surface area contributed by atoms with Crippen LogP contribution in [0.2, 0.25) is 0 Å². The molecule has 10 aliphatic carbocycles. The number of hydrogen-bond acceptors (Lipinski definition) is 18. The number of amides is 7. The second kappa shape index (κ2) is 30.3. The molecule has 0 aromatic carbocycles. The normalized spacial score (nSPS) is 27.3. The van der Waals surface area contributed by atoms with Crippen LogP contribution in [0.15, 0.2) is 72.8 Å². The van der Waals surface area contributed by atoms with E-state index in [0.717, 1.165) is 152 Å². The third kappa shape index (κ3) is 16.4. The number of pyridine rings is 4. The molecule has 8 aromatic heterocycles. The van der Waals surface area contributed by atoms with Crippen molar-refractivity contribution in [3.05, 3.63) is 95.6 Å². The van der Waals surface area contributed by atoms with E-state index in [1.807, 2.05) is 54.6 Å². The topological polar surface area (TPSA) is 349 Å². The Balaban J connectivity index is 0.000000109. The third-order valence-corrected chi connectivity index (χ3v) is 28.9. The van der Waals surface area contributed by atoms with E-state index in [4.69, 9.17) is 10.5 Å². The molecule has 12 heterocycles. The maximum absolute atomic E-state index is 14.0. The van der Waals surface area contributed by atoms with E-state index >= 15 is 0 Å². The van der Waals surface area contributed by atoms with E-state index in [0.29, 0.717) is 79.5 Å². The molecule has 0 unspecified atom stereocenters. The number of nitrogens with one attached hydrogen (secondary N) is 4. The van der Waals surface area contributed by atoms with E-state index in [2.05, 4.69) is 72.6 Å². The number of fused-ring (bicyclic) bond motifs is 4. The van der Waals surface area contributed by atoms with Crippen LogP contribution in [0.1, 0.15) is 201 Å². The molecule has 4 saturated heterocycles. The van der Waals surface area contributed by atoms with Gasteiger partial charge in [-0.3, -0.25) is 59.7 Å². The summed E-state index contributed by atoms with van der Waals surface area (Å²) >= 11 is 0. The lowest BCUT2D eigenvalue weighted by molar-refractivity contribution is -0.153. The fourth-order valence-electron chi connectivity index (χ4n) is 20.7. The van der Waals surface area contributed by atoms with Gasteiger partial charge < -0.3 is 14.7 Å². The van der Waals surface area contributed by atoms with Gasteiger partial charge in [-0.25, -0.2) is 66.4 Å². The molecule has 8 aromatic rings. The Morgan fingerprint density at radius 1 is 0.352 bits per heavy atom. The fourth-order valence-corrected chi connectivity index (χ4v) is 20.7. The predicted octanol–water partition coefficient (Wildman–Crippen LogP) is 12.3. The number of hydrogen-bond donors (Lipinski definition) is 4. The Labute approximate surface area is 707 Å². The number of nitrogens with zero attached hydrogens (tertiary/aromatic N) is 18. The van der Waals surface area contributed by atoms with Gasteiger partial charge in [0.2, 0.25) is 59.2 Å². The molecule has 14 aliphatic rings. The molecule has 10 saturated carbocycles. The van der Waals surface area contributed by atoms with Crippen molar-refractivity contribution in [2.75, 3.05) is 80.2 Å². The largest absolute Gasteiger partial charge is 0.341 e. The molecule has 125 heavy (non-hydrogen) atoms. The number of rotatable bonds is 16. The van der Waals surface area contributed by atoms with Gasteiger partial charge in [-0.05, 0) is 170 Å². The molecule has 5 atom stereocenters. The van der Waals surface area contributed by atoms with Crippen molar-refractivity contribution in [3.63, 3.8) is 0 Å². The molecule has 14 fully saturated rings. The van der Waals surface area contributed by atoms with Crippen LogP contribution >= 0.6 is 0 Å². The highest BCUT2D eigenvalue weighted by Crippen LogP contribution is 2.58. The van der Waals surface area contributed by atoms with Gasteiger partial charge in [-0.1, -0.05) is 24.3 Å². The Hall–Kier alpha value is -11.1. The number of alkyl halides is 11. The molecule has 660 valence electrons. The van der Waals surface area contributed by atoms with Gasteiger partial charge in [-0.15, -0.1) is 20.4 Å². The maximum atomic E-state index is 14.0. The molecule has 29 nitrogen and oxygen atoms in total. The van der Waals surface area contributed by atoms with Crippen molar-refractivity contribution in [3.8, 4) is 12.1 Å². The van der Waals surface area contributed by atoms with Gasteiger partial charge in [0.15, 0.2) is 28.3 Å². The summed E-state index contributed by atoms with van der Waals surface area (Å²) in [7, 11) is 0. The summed E-state index contributed by atoms with van der Waals surface area (Å²) in [5, 5.41) is 44.6. The van der Waals surface area contributed by atoms with Crippen molar-refractivity contribution in [1.29, 1.82) is 10.5 Å². The first-order chi connectivity index (χ1) is 59.4. The number of halogens is 11. The average Bonchev–Trinajstić information content (AvgIpc) is 1.71. The molecular weight excluding hydrogens is 1650 g/mol. The number of anilines is 4. The van der Waals surface area contributed by atoms with Gasteiger partial charge >= 0.3 is 0 Å². The second-order valence-corrected chi connectivity index (χ2v) is 38.0. The zero-order valence-electron chi connectivity index (χ0n) is 68.0. The van der Waals surface area contributed by atoms with Crippen LogP contribution in [-0.4, -0.2) is 214 Å².